The van der Waals surface area contributed by atoms with Gasteiger partial charge < -0.3 is 0 Å². The van der Waals surface area contributed by atoms with Crippen LogP contribution in [0, 0.1) is 0 Å². The molecule has 0 atom stereocenters. The zero-order valence-electron chi connectivity index (χ0n) is 21.0. The van der Waals surface area contributed by atoms with Crippen LogP contribution in [-0.4, -0.2) is 17.4 Å². The number of hydrogen-bond donors (Lipinski definition) is 0. The molecule has 0 fully saturated rings. The number of imidazole rings is 1. The Kier molecular flexibility index (Phi) is 6.79. The maximum Gasteiger partial charge on any atom is 0.146 e. The highest BCUT2D eigenvalue weighted by Crippen LogP contribution is 2.40. The molecular weight excluding hydrogens is 503 g/mol. The van der Waals surface area contributed by atoms with Gasteiger partial charge in [0.1, 0.15) is 13.7 Å². The van der Waals surface area contributed by atoms with E-state index in [9.17, 15) is 0 Å². The molecule has 0 spiro atoms. The second-order valence-corrected chi connectivity index (χ2v) is 11.9. The standard InChI is InChI=1S/C29H31BBrClN2/c1-16(2)20-9-8-10-21(17(3)4)26(20)28-33-23-13-18(29(5,6)7)11-12-24(23)34(28)25-15-19(32)14-22(30)27(25)31/h8-17H,1-7H3. The molecule has 2 radical (unpaired) electrons. The van der Waals surface area contributed by atoms with Gasteiger partial charge in [-0.3, -0.25) is 4.57 Å². The monoisotopic (exact) mass is 532 g/mol. The smallest absolute Gasteiger partial charge is 0.146 e. The summed E-state index contributed by atoms with van der Waals surface area (Å²) in [5, 5.41) is 0.594. The fourth-order valence-electron chi connectivity index (χ4n) is 4.53. The minimum Gasteiger partial charge on any atom is -0.291 e. The van der Waals surface area contributed by atoms with Gasteiger partial charge in [0.15, 0.2) is 0 Å². The minimum atomic E-state index is 0.0259. The van der Waals surface area contributed by atoms with Crippen molar-refractivity contribution in [2.24, 2.45) is 0 Å². The molecule has 5 heteroatoms. The summed E-state index contributed by atoms with van der Waals surface area (Å²) in [4.78, 5) is 5.28. The fraction of sp³-hybridized carbons (Fsp3) is 0.345. The van der Waals surface area contributed by atoms with Crippen LogP contribution in [0.1, 0.15) is 77.0 Å². The largest absolute Gasteiger partial charge is 0.291 e. The topological polar surface area (TPSA) is 17.8 Å². The Hall–Kier alpha value is -2.04. The molecule has 0 aliphatic carbocycles. The number of rotatable bonds is 4. The van der Waals surface area contributed by atoms with Crippen LogP contribution in [0.4, 0.5) is 0 Å². The van der Waals surface area contributed by atoms with Crippen molar-refractivity contribution in [3.8, 4) is 17.1 Å². The van der Waals surface area contributed by atoms with E-state index in [1.54, 1.807) is 6.07 Å². The SMILES string of the molecule is [B]c1cc(Cl)cc(-n2c(-c3c(C(C)C)cccc3C(C)C)nc3cc(C(C)(C)C)ccc32)c1Br. The van der Waals surface area contributed by atoms with Crippen molar-refractivity contribution < 1.29 is 0 Å². The van der Waals surface area contributed by atoms with E-state index in [0.717, 1.165) is 27.0 Å². The van der Waals surface area contributed by atoms with E-state index < -0.39 is 0 Å². The van der Waals surface area contributed by atoms with Crippen molar-refractivity contribution in [3.05, 3.63) is 74.7 Å². The molecule has 4 rings (SSSR count). The first-order valence-electron chi connectivity index (χ1n) is 11.8. The first-order valence-corrected chi connectivity index (χ1v) is 13.0. The van der Waals surface area contributed by atoms with Gasteiger partial charge in [-0.15, -0.1) is 0 Å². The number of halogens is 2. The molecule has 174 valence electrons. The summed E-state index contributed by atoms with van der Waals surface area (Å²) in [5.74, 6) is 1.61. The average Bonchev–Trinajstić information content (AvgIpc) is 3.13. The molecule has 3 aromatic carbocycles. The second-order valence-electron chi connectivity index (χ2n) is 10.7. The van der Waals surface area contributed by atoms with Gasteiger partial charge in [0.05, 0.1) is 16.7 Å². The predicted molar refractivity (Wildman–Crippen MR) is 151 cm³/mol. The number of nitrogens with zero attached hydrogens (tertiary/aromatic N) is 2. The summed E-state index contributed by atoms with van der Waals surface area (Å²) in [6.45, 7) is 15.6. The van der Waals surface area contributed by atoms with Crippen LogP contribution in [0.15, 0.2) is 53.0 Å². The summed E-state index contributed by atoms with van der Waals surface area (Å²) in [6, 6.07) is 16.9. The average molecular weight is 534 g/mol. The molecule has 34 heavy (non-hydrogen) atoms. The van der Waals surface area contributed by atoms with Crippen LogP contribution in [0.3, 0.4) is 0 Å². The maximum absolute atomic E-state index is 6.50. The summed E-state index contributed by atoms with van der Waals surface area (Å²) in [7, 11) is 6.33. The van der Waals surface area contributed by atoms with E-state index >= 15 is 0 Å². The highest BCUT2D eigenvalue weighted by molar-refractivity contribution is 9.10. The van der Waals surface area contributed by atoms with Gasteiger partial charge >= 0.3 is 0 Å². The quantitative estimate of drug-likeness (QED) is 0.241. The molecule has 1 aromatic heterocycles. The highest BCUT2D eigenvalue weighted by Gasteiger charge is 2.25. The third-order valence-electron chi connectivity index (χ3n) is 6.40. The second kappa shape index (κ2) is 9.20. The molecule has 0 unspecified atom stereocenters. The van der Waals surface area contributed by atoms with E-state index in [1.807, 2.05) is 6.07 Å². The van der Waals surface area contributed by atoms with Crippen molar-refractivity contribution in [3.63, 3.8) is 0 Å². The Morgan fingerprint density at radius 1 is 0.941 bits per heavy atom. The zero-order valence-corrected chi connectivity index (χ0v) is 23.3. The fourth-order valence-corrected chi connectivity index (χ4v) is 5.15. The minimum absolute atomic E-state index is 0.0259. The van der Waals surface area contributed by atoms with Gasteiger partial charge in [0.2, 0.25) is 0 Å². The number of benzene rings is 3. The summed E-state index contributed by atoms with van der Waals surface area (Å²) >= 11 is 10.2. The van der Waals surface area contributed by atoms with Crippen molar-refractivity contribution >= 4 is 51.9 Å². The van der Waals surface area contributed by atoms with Crippen LogP contribution in [0.5, 0.6) is 0 Å². The van der Waals surface area contributed by atoms with Gasteiger partial charge in [-0.05, 0) is 74.1 Å². The van der Waals surface area contributed by atoms with Crippen LogP contribution in [0.2, 0.25) is 5.02 Å². The molecule has 4 aromatic rings. The Labute approximate surface area is 218 Å². The van der Waals surface area contributed by atoms with Gasteiger partial charge in [-0.2, -0.15) is 0 Å². The van der Waals surface area contributed by atoms with Crippen molar-refractivity contribution in [2.45, 2.75) is 65.7 Å². The molecular formula is C29H31BBrClN2. The van der Waals surface area contributed by atoms with Crippen LogP contribution in [0.25, 0.3) is 28.1 Å². The molecule has 2 nitrogen and oxygen atoms in total. The van der Waals surface area contributed by atoms with Crippen LogP contribution >= 0.6 is 27.5 Å². The van der Waals surface area contributed by atoms with E-state index in [-0.39, 0.29) is 5.41 Å². The Bertz CT molecular complexity index is 1350. The molecule has 0 aliphatic heterocycles. The van der Waals surface area contributed by atoms with E-state index in [0.29, 0.717) is 22.3 Å². The summed E-state index contributed by atoms with van der Waals surface area (Å²) < 4.78 is 3.02. The zero-order chi connectivity index (χ0) is 24.9. The van der Waals surface area contributed by atoms with Gasteiger partial charge in [0, 0.05) is 15.1 Å². The van der Waals surface area contributed by atoms with Crippen molar-refractivity contribution in [2.75, 3.05) is 0 Å². The Balaban J connectivity index is 2.19. The molecule has 0 N–H and O–H groups in total. The van der Waals surface area contributed by atoms with E-state index in [1.165, 1.54) is 22.3 Å². The number of fused-ring (bicyclic) bond motifs is 1. The van der Waals surface area contributed by atoms with Gasteiger partial charge in [0.25, 0.3) is 0 Å². The van der Waals surface area contributed by atoms with Gasteiger partial charge in [-0.25, -0.2) is 4.98 Å². The molecule has 0 saturated heterocycles. The van der Waals surface area contributed by atoms with E-state index in [2.05, 4.69) is 105 Å². The first kappa shape index (κ1) is 25.1. The molecule has 0 aliphatic rings. The molecule has 0 amide bonds. The lowest BCUT2D eigenvalue weighted by Gasteiger charge is -2.21. The molecule has 1 heterocycles. The number of aromatic nitrogens is 2. The summed E-state index contributed by atoms with van der Waals surface area (Å²) in [5.41, 5.74) is 8.50. The van der Waals surface area contributed by atoms with Crippen molar-refractivity contribution in [1.82, 2.24) is 9.55 Å². The molecule has 0 saturated carbocycles. The first-order chi connectivity index (χ1) is 15.9. The molecule has 0 bridgehead atoms. The van der Waals surface area contributed by atoms with Crippen molar-refractivity contribution in [1.29, 1.82) is 0 Å². The normalized spacial score (nSPS) is 12.3. The Morgan fingerprint density at radius 2 is 1.56 bits per heavy atom. The highest BCUT2D eigenvalue weighted by atomic mass is 79.9. The summed E-state index contributed by atoms with van der Waals surface area (Å²) in [6.07, 6.45) is 0. The lowest BCUT2D eigenvalue weighted by Crippen LogP contribution is -2.11. The number of hydrogen-bond acceptors (Lipinski definition) is 1. The lowest BCUT2D eigenvalue weighted by atomic mass is 9.87. The van der Waals surface area contributed by atoms with E-state index in [4.69, 9.17) is 24.4 Å². The Morgan fingerprint density at radius 3 is 2.12 bits per heavy atom. The third kappa shape index (κ3) is 4.47. The maximum atomic E-state index is 6.50. The van der Waals surface area contributed by atoms with Gasteiger partial charge in [-0.1, -0.05) is 89.8 Å². The predicted octanol–water partition coefficient (Wildman–Crippen LogP) is 8.45. The third-order valence-corrected chi connectivity index (χ3v) is 7.49. The van der Waals surface area contributed by atoms with Crippen LogP contribution in [-0.2, 0) is 5.41 Å². The lowest BCUT2D eigenvalue weighted by molar-refractivity contribution is 0.591. The van der Waals surface area contributed by atoms with Crippen LogP contribution < -0.4 is 5.46 Å².